The van der Waals surface area contributed by atoms with Gasteiger partial charge in [-0.3, -0.25) is 0 Å². The number of carbonyl (C=O) groups is 4. The summed E-state index contributed by atoms with van der Waals surface area (Å²) in [7, 11) is 12.1. The van der Waals surface area contributed by atoms with E-state index in [9.17, 15) is 70.2 Å². The molecule has 130 heavy (non-hydrogen) atoms. The molecule has 0 aliphatic carbocycles. The van der Waals surface area contributed by atoms with Gasteiger partial charge in [0.1, 0.15) is 36.6 Å². The van der Waals surface area contributed by atoms with Gasteiger partial charge in [-0.05, 0) is 129 Å². The molecule has 4 fully saturated rings. The number of esters is 4. The van der Waals surface area contributed by atoms with Crippen molar-refractivity contribution in [2.24, 2.45) is 35.5 Å². The van der Waals surface area contributed by atoms with E-state index in [1.165, 1.54) is 54.8 Å². The van der Waals surface area contributed by atoms with E-state index in [-0.39, 0.29) is 126 Å². The van der Waals surface area contributed by atoms with E-state index in [2.05, 4.69) is 0 Å². The Morgan fingerprint density at radius 1 is 0.431 bits per heavy atom. The van der Waals surface area contributed by atoms with E-state index in [4.69, 9.17) is 94.7 Å². The molecule has 4 bridgehead atoms. The topological polar surface area (TPSA) is 455 Å². The maximum atomic E-state index is 14.4. The Morgan fingerprint density at radius 2 is 0.800 bits per heavy atom. The van der Waals surface area contributed by atoms with E-state index >= 15 is 0 Å². The number of aliphatic hydroxyl groups excluding tert-OH is 10. The summed E-state index contributed by atoms with van der Waals surface area (Å²) >= 11 is 0. The number of hydrogen-bond donors (Lipinski definition) is 10. The normalized spacial score (nSPS) is 37.8. The van der Waals surface area contributed by atoms with Crippen LogP contribution >= 0.6 is 0 Å². The molecule has 7 aliphatic rings. The second-order valence-electron chi connectivity index (χ2n) is 37.2. The van der Waals surface area contributed by atoms with Crippen LogP contribution in [0.3, 0.4) is 0 Å². The number of fused-ring (bicyclic) bond motifs is 4. The van der Waals surface area contributed by atoms with E-state index in [1.807, 2.05) is 64.2 Å². The number of aliphatic hydroxyl groups is 10. The minimum Gasteiger partial charge on any atom is -0.459 e. The third-order valence-corrected chi connectivity index (χ3v) is 27.2. The predicted octanol–water partition coefficient (Wildman–Crippen LogP) is 6.97. The molecule has 0 radical (unpaired) electrons. The molecule has 38 atom stereocenters. The molecule has 7 heterocycles. The summed E-state index contributed by atoms with van der Waals surface area (Å²) in [6.45, 7) is 16.5. The minimum absolute atomic E-state index is 0.0170. The van der Waals surface area contributed by atoms with Gasteiger partial charge in [-0.25, -0.2) is 19.2 Å². The summed E-state index contributed by atoms with van der Waals surface area (Å²) in [6.07, 6.45) is -3.68. The van der Waals surface area contributed by atoms with Crippen molar-refractivity contribution in [3.8, 4) is 0 Å². The Bertz CT molecular complexity index is 3230. The summed E-state index contributed by atoms with van der Waals surface area (Å²) in [5.41, 5.74) is 1.14. The number of carbonyl (C=O) groups excluding carboxylic acids is 4. The van der Waals surface area contributed by atoms with Gasteiger partial charge >= 0.3 is 23.9 Å². The van der Waals surface area contributed by atoms with Gasteiger partial charge in [-0.2, -0.15) is 0 Å². The van der Waals surface area contributed by atoms with Crippen LogP contribution in [0.4, 0.5) is 0 Å². The van der Waals surface area contributed by atoms with Crippen molar-refractivity contribution in [2.75, 3.05) is 83.3 Å². The molecule has 0 aromatic rings. The lowest BCUT2D eigenvalue weighted by atomic mass is 9.83. The Kier molecular flexibility index (Phi) is 49.6. The van der Waals surface area contributed by atoms with Crippen LogP contribution in [-0.4, -0.2) is 354 Å². The van der Waals surface area contributed by atoms with Crippen molar-refractivity contribution in [3.63, 3.8) is 0 Å². The lowest BCUT2D eigenvalue weighted by molar-refractivity contribution is -0.296. The first-order valence-electron chi connectivity index (χ1n) is 46.9. The molecule has 7 rings (SSSR count). The molecule has 0 unspecified atom stereocenters. The molecule has 0 saturated carbocycles. The van der Waals surface area contributed by atoms with Gasteiger partial charge in [0.25, 0.3) is 0 Å². The smallest absolute Gasteiger partial charge is 0.337 e. The Labute approximate surface area is 769 Å². The second-order valence-corrected chi connectivity index (χ2v) is 37.2. The first-order chi connectivity index (χ1) is 62.0. The van der Waals surface area contributed by atoms with E-state index in [1.54, 1.807) is 67.9 Å². The van der Waals surface area contributed by atoms with Crippen molar-refractivity contribution in [1.29, 1.82) is 0 Å². The molecule has 7 aliphatic heterocycles. The molecule has 4 saturated heterocycles. The number of hydrogen-bond acceptors (Lipinski definition) is 34. The molecular formula is C96H160O34. The highest BCUT2D eigenvalue weighted by Crippen LogP contribution is 2.38. The first kappa shape index (κ1) is 112. The zero-order valence-electron chi connectivity index (χ0n) is 80.0. The highest BCUT2D eigenvalue weighted by atomic mass is 16.7. The van der Waals surface area contributed by atoms with Crippen molar-refractivity contribution in [1.82, 2.24) is 0 Å². The van der Waals surface area contributed by atoms with E-state index in [0.717, 1.165) is 12.8 Å². The molecule has 0 aromatic carbocycles. The molecule has 10 N–H and O–H groups in total. The van der Waals surface area contributed by atoms with Crippen molar-refractivity contribution in [3.05, 3.63) is 71.9 Å². The Balaban J connectivity index is 1.23. The quantitative estimate of drug-likeness (QED) is 0.0197. The second kappa shape index (κ2) is 57.5. The van der Waals surface area contributed by atoms with Crippen LogP contribution in [0.25, 0.3) is 0 Å². The third kappa shape index (κ3) is 35.7. The maximum absolute atomic E-state index is 14.4. The van der Waals surface area contributed by atoms with Crippen LogP contribution in [-0.2, 0) is 114 Å². The van der Waals surface area contributed by atoms with Gasteiger partial charge in [0.15, 0.2) is 37.0 Å². The van der Waals surface area contributed by atoms with Gasteiger partial charge in [0.2, 0.25) is 0 Å². The van der Waals surface area contributed by atoms with E-state index in [0.29, 0.717) is 62.5 Å². The van der Waals surface area contributed by atoms with Gasteiger partial charge in [0.05, 0.1) is 149 Å². The monoisotopic (exact) mass is 1860 g/mol. The van der Waals surface area contributed by atoms with Crippen molar-refractivity contribution in [2.45, 2.75) is 393 Å². The number of cyclic esters (lactones) is 2. The minimum atomic E-state index is -1.90. The summed E-state index contributed by atoms with van der Waals surface area (Å²) in [5, 5.41) is 113. The molecule has 748 valence electrons. The number of allylic oxidation sites excluding steroid dienone is 4. The lowest BCUT2D eigenvalue weighted by Crippen LogP contribution is -2.58. The van der Waals surface area contributed by atoms with Crippen LogP contribution in [0, 0.1) is 35.5 Å². The standard InChI is InChI=1S/C96H160O34/c1-53-25-31-71(125-95-91(129-93(109)77(103)49-97)89(117-17)83(115-15)51-119-95)43-65-21-19-23-67(123-65)47-79(113-13)60(8)76(102)40-64(100)42-82(62(10)88(108)56(4)30-34-70-46-74(112-12)38-58(6)122-70)128-86(106)36-28-54(2)26-32-72(126-96-92(130-94(110)78(104)50-98)90(118-18)84(116-16)52-120-96)44-66-22-20-24-68(124-66)48-80(114-14)59(7)75(101)39-63(99)41-81(127-85(105)35-27-53)61(9)87(107)55(3)29-33-69-45-73(111-11)37-57(5)121-69/h19-22,25-28,35-36,55-84,87-92,95-104,107-108H,23-24,29-34,37-52H2,1-18H3/t55-,56-,57-,58-,59-,60-,61+,62+,63+,64+,65-,66-,67-,68-,69-,70-,71-,72-,73+,74+,75-,76-,77+,78+,79-,80-,81-,82-,83-,84-,87-,88-,89+,90+,91-,92-,95+,96+/m0/s1. The molecule has 34 nitrogen and oxygen atoms in total. The number of methoxy groups -OCH3 is 8. The fourth-order valence-corrected chi connectivity index (χ4v) is 18.8. The summed E-state index contributed by atoms with van der Waals surface area (Å²) in [4.78, 5) is 55.3. The predicted molar refractivity (Wildman–Crippen MR) is 475 cm³/mol. The van der Waals surface area contributed by atoms with Gasteiger partial charge in [0, 0.05) is 131 Å². The lowest BCUT2D eigenvalue weighted by Gasteiger charge is -2.42. The summed E-state index contributed by atoms with van der Waals surface area (Å²) in [5.74, 6) is -7.29. The van der Waals surface area contributed by atoms with Gasteiger partial charge in [-0.15, -0.1) is 0 Å². The fourth-order valence-electron chi connectivity index (χ4n) is 18.8. The fraction of sp³-hybridized carbons (Fsp3) is 0.833. The average Bonchev–Trinajstić information content (AvgIpc) is 0.816. The highest BCUT2D eigenvalue weighted by molar-refractivity contribution is 5.83. The largest absolute Gasteiger partial charge is 0.459 e. The van der Waals surface area contributed by atoms with Crippen molar-refractivity contribution >= 4 is 23.9 Å². The highest BCUT2D eigenvalue weighted by Gasteiger charge is 2.49. The van der Waals surface area contributed by atoms with Crippen LogP contribution in [0.15, 0.2) is 71.9 Å². The first-order valence-corrected chi connectivity index (χ1v) is 46.9. The van der Waals surface area contributed by atoms with E-state index < -0.39 is 220 Å². The average molecular weight is 1860 g/mol. The van der Waals surface area contributed by atoms with Gasteiger partial charge in [-0.1, -0.05) is 101 Å². The maximum Gasteiger partial charge on any atom is 0.337 e. The zero-order chi connectivity index (χ0) is 95.6. The third-order valence-electron chi connectivity index (χ3n) is 27.2. The van der Waals surface area contributed by atoms with Crippen LogP contribution in [0.5, 0.6) is 0 Å². The zero-order valence-corrected chi connectivity index (χ0v) is 80.0. The molecule has 0 amide bonds. The molecule has 0 spiro atoms. The summed E-state index contributed by atoms with van der Waals surface area (Å²) < 4.78 is 123. The Hall–Kier alpha value is -4.72. The van der Waals surface area contributed by atoms with Crippen LogP contribution in [0.1, 0.15) is 198 Å². The molecule has 34 heteroatoms. The van der Waals surface area contributed by atoms with Crippen molar-refractivity contribution < 1.29 is 165 Å². The Morgan fingerprint density at radius 3 is 1.14 bits per heavy atom. The summed E-state index contributed by atoms with van der Waals surface area (Å²) in [6, 6.07) is 0. The SMILES string of the molecule is CO[C@H]1C[C@H](CC[C@H](C)[C@H](O)[C@H](C)[C@@H]2C[C@H](O)C[C@H](O)[C@H](C)[C@@H](OC)C[C@@H]3CC=C[C@@H](C[C@@H](O[C@H]4OC[C@H](OC)[C@@H](OC)[C@@H]4OC(=O)[C@H](O)CO)CC=C(C)C=CC(=O)O[C@H]([C@@H](C)[C@@H](O)[C@@H](C)CC[C@H]4C[C@H](OC)C[C@H](C)O4)C[C@H](O)C[C@H](O)[C@H](C)[C@@H](OC)C[C@@H]4CC=C[C@@H](C[C@@H](O[C@H]5OC[C@H](OC)[C@@H](OC)[C@@H]5OC(=O)[C@H](O)CO)CC=C(C)C=CC(=O)O2)O4)O3)O[C@@H](C)C1. The number of ether oxygens (including phenoxy) is 20. The number of rotatable bonds is 30. The molecular weight excluding hydrogens is 1700 g/mol. The van der Waals surface area contributed by atoms with Crippen LogP contribution < -0.4 is 0 Å². The van der Waals surface area contributed by atoms with Crippen LogP contribution in [0.2, 0.25) is 0 Å². The van der Waals surface area contributed by atoms with Gasteiger partial charge < -0.3 is 146 Å². The molecule has 0 aromatic heterocycles.